The normalized spacial score (nSPS) is 32.4. The van der Waals surface area contributed by atoms with Gasteiger partial charge in [-0.05, 0) is 69.3 Å². The Kier molecular flexibility index (Phi) is 4.86. The second kappa shape index (κ2) is 7.43. The number of rotatable bonds is 5. The van der Waals surface area contributed by atoms with E-state index in [1.807, 2.05) is 6.92 Å². The average molecular weight is 414 g/mol. The summed E-state index contributed by atoms with van der Waals surface area (Å²) in [4.78, 5) is 28.7. The van der Waals surface area contributed by atoms with E-state index < -0.39 is 4.92 Å². The molecule has 30 heavy (non-hydrogen) atoms. The zero-order valence-corrected chi connectivity index (χ0v) is 17.7. The highest BCUT2D eigenvalue weighted by Gasteiger charge is 2.55. The molecule has 1 amide bonds. The number of nitro groups is 1. The molecule has 1 aromatic rings. The van der Waals surface area contributed by atoms with Crippen LogP contribution < -0.4 is 9.64 Å². The quantitative estimate of drug-likeness (QED) is 0.541. The highest BCUT2D eigenvalue weighted by molar-refractivity contribution is 5.83. The van der Waals surface area contributed by atoms with Crippen molar-refractivity contribution in [1.82, 2.24) is 4.90 Å². The Labute approximate surface area is 177 Å². The summed E-state index contributed by atoms with van der Waals surface area (Å²) in [5, 5.41) is 11.2. The molecule has 1 saturated heterocycles. The maximum atomic E-state index is 13.6. The number of amides is 1. The number of hydrogen-bond acceptors (Lipinski definition) is 5. The lowest BCUT2D eigenvalue weighted by Gasteiger charge is -2.57. The number of benzene rings is 1. The molecule has 0 spiro atoms. The molecule has 0 unspecified atom stereocenters. The van der Waals surface area contributed by atoms with Gasteiger partial charge in [0, 0.05) is 44.0 Å². The summed E-state index contributed by atoms with van der Waals surface area (Å²) in [6, 6.07) is 5.07. The summed E-state index contributed by atoms with van der Waals surface area (Å²) in [6.07, 6.45) is 7.38. The van der Waals surface area contributed by atoms with Crippen molar-refractivity contribution in [1.29, 1.82) is 0 Å². The van der Waals surface area contributed by atoms with Crippen LogP contribution in [0.2, 0.25) is 0 Å². The lowest BCUT2D eigenvalue weighted by molar-refractivity contribution is -0.385. The third-order valence-electron chi connectivity index (χ3n) is 7.86. The predicted octanol–water partition coefficient (Wildman–Crippen LogP) is 3.86. The van der Waals surface area contributed by atoms with Gasteiger partial charge in [-0.15, -0.1) is 0 Å². The summed E-state index contributed by atoms with van der Waals surface area (Å²) in [7, 11) is 0. The summed E-state index contributed by atoms with van der Waals surface area (Å²) < 4.78 is 5.49. The topological polar surface area (TPSA) is 75.9 Å². The van der Waals surface area contributed by atoms with Crippen LogP contribution >= 0.6 is 0 Å². The third kappa shape index (κ3) is 3.32. The van der Waals surface area contributed by atoms with E-state index in [1.165, 1.54) is 25.3 Å². The van der Waals surface area contributed by atoms with Crippen LogP contribution in [0.1, 0.15) is 45.4 Å². The minimum Gasteiger partial charge on any atom is -0.487 e. The second-order valence-corrected chi connectivity index (χ2v) is 9.82. The molecule has 1 aromatic carbocycles. The van der Waals surface area contributed by atoms with Crippen LogP contribution in [0.4, 0.5) is 11.4 Å². The van der Waals surface area contributed by atoms with Crippen molar-refractivity contribution in [2.24, 2.45) is 23.2 Å². The number of carbonyl (C=O) groups is 1. The SMILES string of the molecule is CCOc1cc(N2CCN(C(=O)C34CC5CC(CC(C5)C3)C4)CC2)ccc1[N+](=O)[O-]. The van der Waals surface area contributed by atoms with Crippen LogP contribution in [0.3, 0.4) is 0 Å². The van der Waals surface area contributed by atoms with Crippen LogP contribution in [0.5, 0.6) is 5.75 Å². The highest BCUT2D eigenvalue weighted by Crippen LogP contribution is 2.60. The van der Waals surface area contributed by atoms with Crippen molar-refractivity contribution in [2.75, 3.05) is 37.7 Å². The molecule has 7 nitrogen and oxygen atoms in total. The number of anilines is 1. The standard InChI is InChI=1S/C23H31N3O4/c1-2-30-21-12-19(3-4-20(21)26(28)29)24-5-7-25(8-6-24)22(27)23-13-16-9-17(14-23)11-18(10-16)15-23/h3-4,12,16-18H,2,5-11,13-15H2,1H3. The molecule has 1 heterocycles. The monoisotopic (exact) mass is 413 g/mol. The van der Waals surface area contributed by atoms with Gasteiger partial charge >= 0.3 is 5.69 Å². The van der Waals surface area contributed by atoms with Crippen LogP contribution in [0.15, 0.2) is 18.2 Å². The van der Waals surface area contributed by atoms with Gasteiger partial charge in [0.15, 0.2) is 5.75 Å². The zero-order valence-electron chi connectivity index (χ0n) is 17.7. The van der Waals surface area contributed by atoms with Crippen molar-refractivity contribution in [3.63, 3.8) is 0 Å². The summed E-state index contributed by atoms with van der Waals surface area (Å²) in [5.41, 5.74) is 0.842. The lowest BCUT2D eigenvalue weighted by Crippen LogP contribution is -2.58. The Morgan fingerprint density at radius 2 is 1.70 bits per heavy atom. The molecular weight excluding hydrogens is 382 g/mol. The minimum absolute atomic E-state index is 0.00349. The van der Waals surface area contributed by atoms with E-state index in [4.69, 9.17) is 4.74 Å². The number of hydrogen-bond donors (Lipinski definition) is 0. The molecule has 0 N–H and O–H groups in total. The predicted molar refractivity (Wildman–Crippen MR) is 114 cm³/mol. The fraction of sp³-hybridized carbons (Fsp3) is 0.696. The summed E-state index contributed by atoms with van der Waals surface area (Å²) in [6.45, 7) is 5.16. The molecule has 4 bridgehead atoms. The van der Waals surface area contributed by atoms with Gasteiger partial charge in [-0.2, -0.15) is 0 Å². The second-order valence-electron chi connectivity index (χ2n) is 9.82. The third-order valence-corrected chi connectivity index (χ3v) is 7.86. The summed E-state index contributed by atoms with van der Waals surface area (Å²) >= 11 is 0. The van der Waals surface area contributed by atoms with Crippen molar-refractivity contribution < 1.29 is 14.5 Å². The van der Waals surface area contributed by atoms with Crippen molar-refractivity contribution in [3.05, 3.63) is 28.3 Å². The number of carbonyl (C=O) groups excluding carboxylic acids is 1. The van der Waals surface area contributed by atoms with Crippen LogP contribution in [0.25, 0.3) is 0 Å². The van der Waals surface area contributed by atoms with Gasteiger partial charge in [0.25, 0.3) is 0 Å². The first-order valence-electron chi connectivity index (χ1n) is 11.4. The number of ether oxygens (including phenoxy) is 1. The van der Waals surface area contributed by atoms with E-state index in [0.717, 1.165) is 68.9 Å². The van der Waals surface area contributed by atoms with Gasteiger partial charge in [-0.1, -0.05) is 0 Å². The van der Waals surface area contributed by atoms with Gasteiger partial charge in [-0.25, -0.2) is 0 Å². The van der Waals surface area contributed by atoms with Crippen molar-refractivity contribution in [3.8, 4) is 5.75 Å². The Morgan fingerprint density at radius 3 is 2.23 bits per heavy atom. The van der Waals surface area contributed by atoms with Crippen LogP contribution in [-0.4, -0.2) is 48.5 Å². The molecule has 4 saturated carbocycles. The van der Waals surface area contributed by atoms with Gasteiger partial charge in [0.2, 0.25) is 5.91 Å². The first-order valence-corrected chi connectivity index (χ1v) is 11.4. The van der Waals surface area contributed by atoms with Crippen LogP contribution in [-0.2, 0) is 4.79 Å². The number of piperazine rings is 1. The van der Waals surface area contributed by atoms with E-state index in [1.54, 1.807) is 12.1 Å². The number of nitrogens with zero attached hydrogens (tertiary/aromatic N) is 3. The smallest absolute Gasteiger partial charge is 0.311 e. The molecule has 5 fully saturated rings. The highest BCUT2D eigenvalue weighted by atomic mass is 16.6. The van der Waals surface area contributed by atoms with E-state index in [-0.39, 0.29) is 11.1 Å². The van der Waals surface area contributed by atoms with E-state index in [9.17, 15) is 14.9 Å². The molecular formula is C23H31N3O4. The molecule has 0 radical (unpaired) electrons. The average Bonchev–Trinajstić information content (AvgIpc) is 2.72. The Bertz CT molecular complexity index is 812. The molecule has 4 aliphatic carbocycles. The fourth-order valence-corrected chi connectivity index (χ4v) is 7.00. The largest absolute Gasteiger partial charge is 0.487 e. The number of nitro benzene ring substituents is 1. The van der Waals surface area contributed by atoms with Gasteiger partial charge in [-0.3, -0.25) is 14.9 Å². The fourth-order valence-electron chi connectivity index (χ4n) is 7.00. The van der Waals surface area contributed by atoms with Gasteiger partial charge in [0.05, 0.1) is 16.9 Å². The molecule has 5 aliphatic rings. The van der Waals surface area contributed by atoms with E-state index in [2.05, 4.69) is 9.80 Å². The molecule has 6 rings (SSSR count). The zero-order chi connectivity index (χ0) is 20.9. The maximum absolute atomic E-state index is 13.6. The van der Waals surface area contributed by atoms with Gasteiger partial charge < -0.3 is 14.5 Å². The summed E-state index contributed by atoms with van der Waals surface area (Å²) in [5.74, 6) is 3.04. The van der Waals surface area contributed by atoms with E-state index >= 15 is 0 Å². The van der Waals surface area contributed by atoms with Crippen molar-refractivity contribution >= 4 is 17.3 Å². The first kappa shape index (κ1) is 19.6. The van der Waals surface area contributed by atoms with Crippen LogP contribution in [0, 0.1) is 33.3 Å². The first-order chi connectivity index (χ1) is 14.5. The molecule has 0 aromatic heterocycles. The Hall–Kier alpha value is -2.31. The van der Waals surface area contributed by atoms with Crippen molar-refractivity contribution in [2.45, 2.75) is 45.4 Å². The molecule has 0 atom stereocenters. The van der Waals surface area contributed by atoms with E-state index in [0.29, 0.717) is 18.3 Å². The Morgan fingerprint density at radius 1 is 1.10 bits per heavy atom. The maximum Gasteiger partial charge on any atom is 0.311 e. The Balaban J connectivity index is 1.26. The minimum atomic E-state index is -0.406. The molecule has 162 valence electrons. The molecule has 1 aliphatic heterocycles. The lowest BCUT2D eigenvalue weighted by atomic mass is 9.49. The molecule has 7 heteroatoms. The van der Waals surface area contributed by atoms with Gasteiger partial charge in [0.1, 0.15) is 0 Å².